The number of aliphatic carboxylic acids is 1. The molecule has 18 heavy (non-hydrogen) atoms. The molecule has 1 rings (SSSR count). The lowest BCUT2D eigenvalue weighted by Crippen LogP contribution is -2.16. The van der Waals surface area contributed by atoms with Crippen LogP contribution in [-0.4, -0.2) is 28.3 Å². The Bertz CT molecular complexity index is 497. The van der Waals surface area contributed by atoms with Crippen molar-refractivity contribution in [2.45, 2.75) is 17.9 Å². The topological polar surface area (TPSA) is 91.7 Å². The molecule has 2 unspecified atom stereocenters. The van der Waals surface area contributed by atoms with E-state index in [1.54, 1.807) is 0 Å². The number of rotatable bonds is 5. The summed E-state index contributed by atoms with van der Waals surface area (Å²) < 4.78 is 0. The molecule has 0 aromatic heterocycles. The fraction of sp³-hybridized carbons (Fsp3) is 0.250. The molecule has 0 fully saturated rings. The Balaban J connectivity index is 3.47. The molecule has 6 heteroatoms. The van der Waals surface area contributed by atoms with Gasteiger partial charge < -0.3 is 10.2 Å². The maximum atomic E-state index is 11.4. The quantitative estimate of drug-likeness (QED) is 0.637. The van der Waals surface area contributed by atoms with Crippen LogP contribution in [0.4, 0.5) is 0 Å². The van der Waals surface area contributed by atoms with Crippen molar-refractivity contribution in [2.75, 3.05) is 0 Å². The van der Waals surface area contributed by atoms with E-state index in [0.717, 1.165) is 0 Å². The number of aliphatic hydroxyl groups is 1. The average Bonchev–Trinajstić information content (AvgIpc) is 2.35. The van der Waals surface area contributed by atoms with Crippen molar-refractivity contribution in [3.63, 3.8) is 0 Å². The molecule has 2 atom stereocenters. The summed E-state index contributed by atoms with van der Waals surface area (Å²) in [7, 11) is 0. The number of alkyl halides is 1. The second-order valence-electron chi connectivity index (χ2n) is 3.68. The number of halogens is 1. The number of aldehydes is 1. The highest BCUT2D eigenvalue weighted by molar-refractivity contribution is 9.09. The van der Waals surface area contributed by atoms with E-state index < -0.39 is 16.9 Å². The van der Waals surface area contributed by atoms with Crippen molar-refractivity contribution >= 4 is 34.0 Å². The molecule has 2 N–H and O–H groups in total. The lowest BCUT2D eigenvalue weighted by atomic mass is 9.94. The molecule has 0 amide bonds. The number of carbonyl (C=O) groups excluding carboxylic acids is 2. The highest BCUT2D eigenvalue weighted by atomic mass is 79.9. The first kappa shape index (κ1) is 14.5. The molecule has 0 spiro atoms. The zero-order valence-electron chi connectivity index (χ0n) is 9.46. The van der Waals surface area contributed by atoms with Gasteiger partial charge >= 0.3 is 5.97 Å². The SMILES string of the molecule is CC(=O)C(Br)c1c(C=O)cccc1C(O)C(=O)O. The third-order valence-corrected chi connectivity index (χ3v) is 3.54. The number of benzene rings is 1. The van der Waals surface area contributed by atoms with Gasteiger partial charge in [0, 0.05) is 5.56 Å². The minimum absolute atomic E-state index is 0.0316. The number of carboxylic acids is 1. The predicted octanol–water partition coefficient (Wildman–Crippen LogP) is 1.64. The van der Waals surface area contributed by atoms with Crippen LogP contribution in [0, 0.1) is 0 Å². The Labute approximate surface area is 112 Å². The molecule has 1 aromatic rings. The van der Waals surface area contributed by atoms with E-state index >= 15 is 0 Å². The van der Waals surface area contributed by atoms with E-state index in [2.05, 4.69) is 15.9 Å². The first-order chi connectivity index (χ1) is 8.40. The highest BCUT2D eigenvalue weighted by Crippen LogP contribution is 2.32. The van der Waals surface area contributed by atoms with Gasteiger partial charge in [-0.05, 0) is 18.1 Å². The maximum absolute atomic E-state index is 11.4. The zero-order valence-corrected chi connectivity index (χ0v) is 11.0. The van der Waals surface area contributed by atoms with Crippen LogP contribution in [0.3, 0.4) is 0 Å². The number of hydrogen-bond acceptors (Lipinski definition) is 4. The van der Waals surface area contributed by atoms with E-state index in [4.69, 9.17) is 5.11 Å². The summed E-state index contributed by atoms with van der Waals surface area (Å²) in [4.78, 5) is 32.3. The second-order valence-corrected chi connectivity index (χ2v) is 4.60. The summed E-state index contributed by atoms with van der Waals surface area (Å²) in [6, 6.07) is 4.28. The Hall–Kier alpha value is -1.53. The number of aliphatic hydroxyl groups excluding tert-OH is 1. The molecule has 0 saturated heterocycles. The van der Waals surface area contributed by atoms with Crippen LogP contribution in [0.2, 0.25) is 0 Å². The van der Waals surface area contributed by atoms with Crippen LogP contribution < -0.4 is 0 Å². The molecule has 0 heterocycles. The second kappa shape index (κ2) is 5.88. The minimum atomic E-state index is -1.78. The van der Waals surface area contributed by atoms with Crippen molar-refractivity contribution in [2.24, 2.45) is 0 Å². The molecule has 0 aliphatic heterocycles. The third-order valence-electron chi connectivity index (χ3n) is 2.44. The Morgan fingerprint density at radius 3 is 2.44 bits per heavy atom. The van der Waals surface area contributed by atoms with Gasteiger partial charge in [0.05, 0.1) is 4.83 Å². The van der Waals surface area contributed by atoms with Crippen LogP contribution in [0.5, 0.6) is 0 Å². The average molecular weight is 315 g/mol. The molecule has 96 valence electrons. The van der Waals surface area contributed by atoms with E-state index in [9.17, 15) is 19.5 Å². The Morgan fingerprint density at radius 2 is 2.00 bits per heavy atom. The van der Waals surface area contributed by atoms with Gasteiger partial charge in [-0.2, -0.15) is 0 Å². The van der Waals surface area contributed by atoms with Gasteiger partial charge in [-0.25, -0.2) is 4.79 Å². The third kappa shape index (κ3) is 2.83. The van der Waals surface area contributed by atoms with Gasteiger partial charge in [0.2, 0.25) is 0 Å². The number of ketones is 1. The smallest absolute Gasteiger partial charge is 0.337 e. The van der Waals surface area contributed by atoms with E-state index in [1.807, 2.05) is 0 Å². The Kier molecular flexibility index (Phi) is 4.75. The van der Waals surface area contributed by atoms with Gasteiger partial charge in [0.25, 0.3) is 0 Å². The fourth-order valence-electron chi connectivity index (χ4n) is 1.57. The van der Waals surface area contributed by atoms with Gasteiger partial charge in [-0.15, -0.1) is 0 Å². The van der Waals surface area contributed by atoms with E-state index in [-0.39, 0.29) is 22.5 Å². The van der Waals surface area contributed by atoms with Crippen molar-refractivity contribution in [3.05, 3.63) is 34.9 Å². The fourth-order valence-corrected chi connectivity index (χ4v) is 2.10. The normalized spacial score (nSPS) is 13.7. The summed E-state index contributed by atoms with van der Waals surface area (Å²) in [6.45, 7) is 1.30. The summed E-state index contributed by atoms with van der Waals surface area (Å²) in [5.74, 6) is -1.73. The maximum Gasteiger partial charge on any atom is 0.337 e. The molecule has 0 aliphatic carbocycles. The molecule has 0 saturated carbocycles. The van der Waals surface area contributed by atoms with E-state index in [0.29, 0.717) is 6.29 Å². The molecule has 5 nitrogen and oxygen atoms in total. The lowest BCUT2D eigenvalue weighted by Gasteiger charge is -2.17. The van der Waals surface area contributed by atoms with E-state index in [1.165, 1.54) is 25.1 Å². The van der Waals surface area contributed by atoms with Crippen molar-refractivity contribution in [1.29, 1.82) is 0 Å². The van der Waals surface area contributed by atoms with Crippen molar-refractivity contribution in [3.8, 4) is 0 Å². The van der Waals surface area contributed by atoms with Crippen LogP contribution in [-0.2, 0) is 9.59 Å². The van der Waals surface area contributed by atoms with Crippen molar-refractivity contribution in [1.82, 2.24) is 0 Å². The molecule has 0 aliphatic rings. The van der Waals surface area contributed by atoms with Gasteiger partial charge in [-0.3, -0.25) is 9.59 Å². The highest BCUT2D eigenvalue weighted by Gasteiger charge is 2.26. The van der Waals surface area contributed by atoms with Gasteiger partial charge in [0.15, 0.2) is 6.10 Å². The van der Waals surface area contributed by atoms with Crippen LogP contribution in [0.25, 0.3) is 0 Å². The zero-order chi connectivity index (χ0) is 13.9. The lowest BCUT2D eigenvalue weighted by molar-refractivity contribution is -0.147. The van der Waals surface area contributed by atoms with Crippen LogP contribution in [0.15, 0.2) is 18.2 Å². The number of carboxylic acid groups (broad SMARTS) is 1. The molecular formula is C12H11BrO5. The molecular weight excluding hydrogens is 304 g/mol. The Morgan fingerprint density at radius 1 is 1.39 bits per heavy atom. The monoisotopic (exact) mass is 314 g/mol. The summed E-state index contributed by atoms with van der Waals surface area (Å²) in [5, 5.41) is 18.4. The first-order valence-electron chi connectivity index (χ1n) is 5.03. The summed E-state index contributed by atoms with van der Waals surface area (Å²) in [6.07, 6.45) is -1.26. The number of carbonyl (C=O) groups is 3. The number of Topliss-reactive ketones (excluding diaryl/α,β-unsaturated/α-hetero) is 1. The molecule has 0 bridgehead atoms. The standard InChI is InChI=1S/C12H11BrO5/c1-6(15)10(13)9-7(5-14)3-2-4-8(9)11(16)12(17)18/h2-5,10-11,16H,1H3,(H,17,18). The summed E-state index contributed by atoms with van der Waals surface area (Å²) in [5.41, 5.74) is 0.393. The predicted molar refractivity (Wildman–Crippen MR) is 66.8 cm³/mol. The first-order valence-corrected chi connectivity index (χ1v) is 5.95. The van der Waals surface area contributed by atoms with Crippen molar-refractivity contribution < 1.29 is 24.6 Å². The minimum Gasteiger partial charge on any atom is -0.479 e. The largest absolute Gasteiger partial charge is 0.479 e. The molecule has 1 aromatic carbocycles. The van der Waals surface area contributed by atoms with Gasteiger partial charge in [0.1, 0.15) is 12.1 Å². The van der Waals surface area contributed by atoms with Crippen LogP contribution in [0.1, 0.15) is 39.3 Å². The van der Waals surface area contributed by atoms with Gasteiger partial charge in [-0.1, -0.05) is 34.1 Å². The number of hydrogen-bond donors (Lipinski definition) is 2. The molecule has 0 radical (unpaired) electrons. The van der Waals surface area contributed by atoms with Crippen LogP contribution >= 0.6 is 15.9 Å². The summed E-state index contributed by atoms with van der Waals surface area (Å²) >= 11 is 3.10.